The van der Waals surface area contributed by atoms with Gasteiger partial charge in [-0.15, -0.1) is 0 Å². The Bertz CT molecular complexity index is 523. The van der Waals surface area contributed by atoms with Gasteiger partial charge in [-0.2, -0.15) is 0 Å². The average molecular weight is 287 g/mol. The predicted molar refractivity (Wildman–Crippen MR) is 85.6 cm³/mol. The van der Waals surface area contributed by atoms with Crippen LogP contribution in [0.5, 0.6) is 0 Å². The lowest BCUT2D eigenvalue weighted by molar-refractivity contribution is 0.222. The van der Waals surface area contributed by atoms with Gasteiger partial charge < -0.3 is 15.0 Å². The predicted octanol–water partition coefficient (Wildman–Crippen LogP) is 2.42. The summed E-state index contributed by atoms with van der Waals surface area (Å²) in [6.45, 7) is 5.79. The van der Waals surface area contributed by atoms with Crippen LogP contribution in [0.3, 0.4) is 0 Å². The summed E-state index contributed by atoms with van der Waals surface area (Å²) in [7, 11) is 1.76. The maximum absolute atomic E-state index is 5.23. The number of hydrogen-bond donors (Lipinski definition) is 1. The molecule has 1 aliphatic heterocycles. The van der Waals surface area contributed by atoms with Crippen molar-refractivity contribution in [2.24, 2.45) is 0 Å². The first-order valence-electron chi connectivity index (χ1n) is 7.87. The third-order valence-electron chi connectivity index (χ3n) is 4.23. The molecule has 2 heterocycles. The second-order valence-electron chi connectivity index (χ2n) is 6.10. The van der Waals surface area contributed by atoms with E-state index in [1.165, 1.54) is 29.7 Å². The van der Waals surface area contributed by atoms with Crippen LogP contribution in [0.2, 0.25) is 0 Å². The highest BCUT2D eigenvalue weighted by Crippen LogP contribution is 2.26. The maximum atomic E-state index is 5.23. The van der Waals surface area contributed by atoms with Crippen LogP contribution < -0.4 is 10.2 Å². The Morgan fingerprint density at radius 2 is 2.29 bits per heavy atom. The number of nitrogens with zero attached hydrogens (tertiary/aromatic N) is 2. The van der Waals surface area contributed by atoms with Crippen molar-refractivity contribution in [2.75, 3.05) is 31.7 Å². The summed E-state index contributed by atoms with van der Waals surface area (Å²) in [6, 6.07) is 2.95. The molecular formula is C17H25N3O. The van der Waals surface area contributed by atoms with E-state index in [4.69, 9.17) is 4.74 Å². The maximum Gasteiger partial charge on any atom is 0.0674 e. The Labute approximate surface area is 127 Å². The molecule has 0 spiro atoms. The molecule has 1 aromatic heterocycles. The number of nitrogens with one attached hydrogen (secondary N) is 1. The minimum Gasteiger partial charge on any atom is -0.380 e. The molecule has 4 nitrogen and oxygen atoms in total. The number of methoxy groups -OCH3 is 1. The molecule has 0 saturated heterocycles. The largest absolute Gasteiger partial charge is 0.380 e. The Morgan fingerprint density at radius 1 is 1.43 bits per heavy atom. The van der Waals surface area contributed by atoms with Gasteiger partial charge in [0.15, 0.2) is 0 Å². The van der Waals surface area contributed by atoms with Gasteiger partial charge in [0.25, 0.3) is 0 Å². The van der Waals surface area contributed by atoms with E-state index >= 15 is 0 Å². The second kappa shape index (κ2) is 6.58. The molecule has 114 valence electrons. The number of rotatable bonds is 6. The van der Waals surface area contributed by atoms with Gasteiger partial charge in [-0.3, -0.25) is 4.98 Å². The van der Waals surface area contributed by atoms with Gasteiger partial charge >= 0.3 is 0 Å². The van der Waals surface area contributed by atoms with Crippen LogP contribution in [-0.4, -0.2) is 37.8 Å². The van der Waals surface area contributed by atoms with Crippen molar-refractivity contribution in [1.29, 1.82) is 0 Å². The quantitative estimate of drug-likeness (QED) is 0.815. The summed E-state index contributed by atoms with van der Waals surface area (Å²) in [4.78, 5) is 6.93. The lowest BCUT2D eigenvalue weighted by Crippen LogP contribution is -2.31. The molecular weight excluding hydrogens is 262 g/mol. The van der Waals surface area contributed by atoms with E-state index in [0.717, 1.165) is 44.4 Å². The molecule has 1 aromatic rings. The molecule has 1 N–H and O–H groups in total. The van der Waals surface area contributed by atoms with Crippen molar-refractivity contribution in [1.82, 2.24) is 10.3 Å². The van der Waals surface area contributed by atoms with E-state index in [2.05, 4.69) is 34.3 Å². The zero-order chi connectivity index (χ0) is 14.7. The van der Waals surface area contributed by atoms with Crippen molar-refractivity contribution in [3.63, 3.8) is 0 Å². The minimum absolute atomic E-state index is 0.730. The Morgan fingerprint density at radius 3 is 2.95 bits per heavy atom. The molecule has 1 aliphatic carbocycles. The lowest BCUT2D eigenvalue weighted by Gasteiger charge is -2.30. The van der Waals surface area contributed by atoms with E-state index in [9.17, 15) is 0 Å². The summed E-state index contributed by atoms with van der Waals surface area (Å²) in [5, 5.41) is 3.60. The minimum atomic E-state index is 0.730. The summed E-state index contributed by atoms with van der Waals surface area (Å²) in [5.41, 5.74) is 5.16. The van der Waals surface area contributed by atoms with Gasteiger partial charge in [-0.1, -0.05) is 6.08 Å². The third-order valence-corrected chi connectivity index (χ3v) is 4.23. The van der Waals surface area contributed by atoms with Crippen molar-refractivity contribution in [3.05, 3.63) is 35.2 Å². The molecule has 1 saturated carbocycles. The number of aromatic nitrogens is 1. The van der Waals surface area contributed by atoms with Crippen molar-refractivity contribution >= 4 is 5.69 Å². The van der Waals surface area contributed by atoms with E-state index in [1.54, 1.807) is 7.11 Å². The van der Waals surface area contributed by atoms with Crippen molar-refractivity contribution in [2.45, 2.75) is 38.8 Å². The van der Waals surface area contributed by atoms with Crippen LogP contribution in [0, 0.1) is 6.92 Å². The number of ether oxygens (including phenoxy) is 1. The molecule has 21 heavy (non-hydrogen) atoms. The molecule has 1 fully saturated rings. The van der Waals surface area contributed by atoms with E-state index in [1.807, 2.05) is 6.20 Å². The van der Waals surface area contributed by atoms with Crippen LogP contribution in [0.4, 0.5) is 5.69 Å². The highest BCUT2D eigenvalue weighted by atomic mass is 16.5. The highest BCUT2D eigenvalue weighted by Gasteiger charge is 2.21. The molecule has 0 atom stereocenters. The summed E-state index contributed by atoms with van der Waals surface area (Å²) < 4.78 is 5.23. The van der Waals surface area contributed by atoms with E-state index < -0.39 is 0 Å². The molecule has 0 radical (unpaired) electrons. The van der Waals surface area contributed by atoms with Gasteiger partial charge in [0, 0.05) is 55.9 Å². The first kappa shape index (κ1) is 14.5. The first-order chi connectivity index (χ1) is 10.3. The van der Waals surface area contributed by atoms with Gasteiger partial charge in [-0.25, -0.2) is 0 Å². The first-order valence-corrected chi connectivity index (χ1v) is 7.87. The van der Waals surface area contributed by atoms with Crippen LogP contribution >= 0.6 is 0 Å². The lowest BCUT2D eigenvalue weighted by atomic mass is 10.1. The topological polar surface area (TPSA) is 37.4 Å². The number of hydrogen-bond acceptors (Lipinski definition) is 4. The normalized spacial score (nSPS) is 18.8. The van der Waals surface area contributed by atoms with Crippen LogP contribution in [0.25, 0.3) is 0 Å². The Hall–Kier alpha value is -1.39. The Kier molecular flexibility index (Phi) is 4.56. The monoisotopic (exact) mass is 287 g/mol. The fourth-order valence-electron chi connectivity index (χ4n) is 2.79. The smallest absolute Gasteiger partial charge is 0.0674 e. The van der Waals surface area contributed by atoms with Crippen LogP contribution in [0.15, 0.2) is 23.9 Å². The molecule has 4 heteroatoms. The van der Waals surface area contributed by atoms with Gasteiger partial charge in [-0.05, 0) is 37.8 Å². The van der Waals surface area contributed by atoms with Crippen molar-refractivity contribution in [3.8, 4) is 0 Å². The van der Waals surface area contributed by atoms with Gasteiger partial charge in [0.2, 0.25) is 0 Å². The summed E-state index contributed by atoms with van der Waals surface area (Å²) in [5.74, 6) is 0. The highest BCUT2D eigenvalue weighted by molar-refractivity contribution is 5.55. The molecule has 0 unspecified atom stereocenters. The molecule has 3 rings (SSSR count). The standard InChI is InChI=1S/C17H25N3O/c1-13-9-17(15(10-18-13)11-19-16-3-4-16)20-7-5-14(6-8-20)12-21-2/h5,9-10,16,19H,3-4,6-8,11-12H2,1-2H3. The fraction of sp³-hybridized carbons (Fsp3) is 0.588. The zero-order valence-electron chi connectivity index (χ0n) is 13.1. The Balaban J connectivity index is 1.72. The SMILES string of the molecule is COCC1=CCN(c2cc(C)ncc2CNC2CC2)CC1. The van der Waals surface area contributed by atoms with Gasteiger partial charge in [0.05, 0.1) is 6.61 Å². The summed E-state index contributed by atoms with van der Waals surface area (Å²) >= 11 is 0. The number of anilines is 1. The fourth-order valence-corrected chi connectivity index (χ4v) is 2.79. The second-order valence-corrected chi connectivity index (χ2v) is 6.10. The third kappa shape index (κ3) is 3.83. The average Bonchev–Trinajstić information content (AvgIpc) is 3.31. The molecule has 2 aliphatic rings. The van der Waals surface area contributed by atoms with Gasteiger partial charge in [0.1, 0.15) is 0 Å². The van der Waals surface area contributed by atoms with E-state index in [-0.39, 0.29) is 0 Å². The molecule has 0 amide bonds. The van der Waals surface area contributed by atoms with Crippen molar-refractivity contribution < 1.29 is 4.74 Å². The molecule has 0 bridgehead atoms. The zero-order valence-corrected chi connectivity index (χ0v) is 13.1. The molecule has 0 aromatic carbocycles. The van der Waals surface area contributed by atoms with E-state index in [0.29, 0.717) is 0 Å². The van der Waals surface area contributed by atoms with Crippen LogP contribution in [0.1, 0.15) is 30.5 Å². The number of aryl methyl sites for hydroxylation is 1. The summed E-state index contributed by atoms with van der Waals surface area (Å²) in [6.07, 6.45) is 8.07. The number of pyridine rings is 1. The van der Waals surface area contributed by atoms with Crippen LogP contribution in [-0.2, 0) is 11.3 Å².